The first-order valence-electron chi connectivity index (χ1n) is 6.29. The van der Waals surface area contributed by atoms with Gasteiger partial charge in [0, 0.05) is 5.75 Å². The molecule has 2 aliphatic rings. The maximum absolute atomic E-state index is 10.6. The van der Waals surface area contributed by atoms with Crippen LogP contribution in [0.5, 0.6) is 0 Å². The molecule has 2 heteroatoms. The van der Waals surface area contributed by atoms with E-state index >= 15 is 0 Å². The molecule has 1 aliphatic carbocycles. The molecule has 0 aromatic carbocycles. The van der Waals surface area contributed by atoms with Crippen molar-refractivity contribution in [2.24, 2.45) is 11.3 Å². The van der Waals surface area contributed by atoms with Crippen molar-refractivity contribution in [1.29, 1.82) is 0 Å². The Morgan fingerprint density at radius 1 is 1.20 bits per heavy atom. The summed E-state index contributed by atoms with van der Waals surface area (Å²) in [6.45, 7) is 4.58. The van der Waals surface area contributed by atoms with Crippen LogP contribution in [0.1, 0.15) is 52.4 Å². The van der Waals surface area contributed by atoms with Crippen molar-refractivity contribution < 1.29 is 5.11 Å². The highest BCUT2D eigenvalue weighted by Crippen LogP contribution is 2.44. The first-order valence-corrected chi connectivity index (χ1v) is 7.45. The molecule has 1 saturated carbocycles. The van der Waals surface area contributed by atoms with Gasteiger partial charge in [-0.15, -0.1) is 0 Å². The molecule has 1 aliphatic heterocycles. The van der Waals surface area contributed by atoms with Gasteiger partial charge in [-0.05, 0) is 29.9 Å². The average Bonchev–Trinajstić information content (AvgIpc) is 2.52. The molecule has 88 valence electrons. The van der Waals surface area contributed by atoms with E-state index < -0.39 is 0 Å². The van der Waals surface area contributed by atoms with Crippen molar-refractivity contribution in [2.45, 2.75) is 58.0 Å². The van der Waals surface area contributed by atoms with Crippen molar-refractivity contribution in [3.63, 3.8) is 0 Å². The lowest BCUT2D eigenvalue weighted by molar-refractivity contribution is -0.00132. The Morgan fingerprint density at radius 2 is 1.87 bits per heavy atom. The van der Waals surface area contributed by atoms with Crippen LogP contribution in [0.4, 0.5) is 0 Å². The average molecular weight is 228 g/mol. The van der Waals surface area contributed by atoms with E-state index in [1.165, 1.54) is 31.4 Å². The topological polar surface area (TPSA) is 20.2 Å². The summed E-state index contributed by atoms with van der Waals surface area (Å²) >= 11 is 1.94. The van der Waals surface area contributed by atoms with Gasteiger partial charge in [0.05, 0.1) is 5.60 Å². The van der Waals surface area contributed by atoms with E-state index in [9.17, 15) is 5.11 Å². The lowest BCUT2D eigenvalue weighted by Gasteiger charge is -2.42. The molecular formula is C13H24OS. The number of hydrogen-bond donors (Lipinski definition) is 1. The van der Waals surface area contributed by atoms with Gasteiger partial charge in [0.25, 0.3) is 0 Å². The van der Waals surface area contributed by atoms with Crippen LogP contribution >= 0.6 is 11.8 Å². The molecule has 1 nitrogen and oxygen atoms in total. The van der Waals surface area contributed by atoms with E-state index in [-0.39, 0.29) is 5.60 Å². The zero-order chi connectivity index (χ0) is 10.9. The Bertz CT molecular complexity index is 221. The highest BCUT2D eigenvalue weighted by atomic mass is 32.2. The predicted molar refractivity (Wildman–Crippen MR) is 67.2 cm³/mol. The largest absolute Gasteiger partial charge is 0.389 e. The van der Waals surface area contributed by atoms with E-state index in [1.54, 1.807) is 0 Å². The van der Waals surface area contributed by atoms with Gasteiger partial charge in [0.15, 0.2) is 0 Å². The molecule has 1 unspecified atom stereocenters. The molecule has 0 radical (unpaired) electrons. The summed E-state index contributed by atoms with van der Waals surface area (Å²) in [6, 6.07) is 0. The van der Waals surface area contributed by atoms with E-state index in [2.05, 4.69) is 13.8 Å². The third-order valence-corrected chi connectivity index (χ3v) is 5.54. The molecule has 0 aromatic rings. The summed E-state index contributed by atoms with van der Waals surface area (Å²) in [6.07, 6.45) is 7.54. The van der Waals surface area contributed by atoms with Gasteiger partial charge in [-0.25, -0.2) is 0 Å². The summed E-state index contributed by atoms with van der Waals surface area (Å²) in [7, 11) is 0. The highest BCUT2D eigenvalue weighted by molar-refractivity contribution is 7.99. The van der Waals surface area contributed by atoms with Crippen molar-refractivity contribution in [3.8, 4) is 0 Å². The molecule has 1 N–H and O–H groups in total. The molecule has 0 amide bonds. The van der Waals surface area contributed by atoms with Gasteiger partial charge in [-0.1, -0.05) is 39.5 Å². The lowest BCUT2D eigenvalue weighted by Crippen LogP contribution is -2.43. The second-order valence-corrected chi connectivity index (χ2v) is 7.40. The quantitative estimate of drug-likeness (QED) is 0.781. The number of aliphatic hydroxyl groups is 1. The standard InChI is InChI=1S/C13H24OS/c1-12(2)8-13(14,10-15-9-12)7-11-5-3-4-6-11/h11,14H,3-10H2,1-2H3. The Balaban J connectivity index is 1.93. The molecule has 0 bridgehead atoms. The van der Waals surface area contributed by atoms with E-state index in [0.717, 1.165) is 24.5 Å². The zero-order valence-electron chi connectivity index (χ0n) is 10.1. The van der Waals surface area contributed by atoms with Gasteiger partial charge in [0.1, 0.15) is 0 Å². The van der Waals surface area contributed by atoms with Crippen molar-refractivity contribution in [1.82, 2.24) is 0 Å². The van der Waals surface area contributed by atoms with Crippen LogP contribution in [0.25, 0.3) is 0 Å². The zero-order valence-corrected chi connectivity index (χ0v) is 10.9. The molecule has 2 rings (SSSR count). The summed E-state index contributed by atoms with van der Waals surface area (Å²) < 4.78 is 0. The van der Waals surface area contributed by atoms with Crippen LogP contribution in [0.15, 0.2) is 0 Å². The first-order chi connectivity index (χ1) is 6.99. The molecule has 1 saturated heterocycles. The van der Waals surface area contributed by atoms with Crippen LogP contribution < -0.4 is 0 Å². The summed E-state index contributed by atoms with van der Waals surface area (Å²) in [5, 5.41) is 10.6. The summed E-state index contributed by atoms with van der Waals surface area (Å²) in [5.41, 5.74) is -0.0301. The van der Waals surface area contributed by atoms with Crippen LogP contribution in [-0.4, -0.2) is 22.2 Å². The third kappa shape index (κ3) is 3.13. The van der Waals surface area contributed by atoms with Gasteiger partial charge in [-0.3, -0.25) is 0 Å². The minimum absolute atomic E-state index is 0.330. The van der Waals surface area contributed by atoms with Crippen LogP contribution in [0.3, 0.4) is 0 Å². The monoisotopic (exact) mass is 228 g/mol. The molecule has 0 aromatic heterocycles. The van der Waals surface area contributed by atoms with E-state index in [0.29, 0.717) is 5.41 Å². The minimum atomic E-state index is -0.360. The molecule has 0 spiro atoms. The van der Waals surface area contributed by atoms with Crippen LogP contribution in [0, 0.1) is 11.3 Å². The van der Waals surface area contributed by atoms with E-state index in [1.807, 2.05) is 11.8 Å². The van der Waals surface area contributed by atoms with Gasteiger partial charge < -0.3 is 5.11 Å². The highest BCUT2D eigenvalue weighted by Gasteiger charge is 2.40. The summed E-state index contributed by atoms with van der Waals surface area (Å²) in [4.78, 5) is 0. The second kappa shape index (κ2) is 4.29. The van der Waals surface area contributed by atoms with Crippen molar-refractivity contribution in [3.05, 3.63) is 0 Å². The smallest absolute Gasteiger partial charge is 0.0745 e. The van der Waals surface area contributed by atoms with Gasteiger partial charge in [0.2, 0.25) is 0 Å². The predicted octanol–water partition coefficient (Wildman–Crippen LogP) is 3.46. The summed E-state index contributed by atoms with van der Waals surface area (Å²) in [5.74, 6) is 2.98. The fourth-order valence-corrected chi connectivity index (χ4v) is 4.75. The van der Waals surface area contributed by atoms with Crippen LogP contribution in [0.2, 0.25) is 0 Å². The number of rotatable bonds is 2. The van der Waals surface area contributed by atoms with Crippen LogP contribution in [-0.2, 0) is 0 Å². The Kier molecular flexibility index (Phi) is 3.37. The van der Waals surface area contributed by atoms with Gasteiger partial charge in [-0.2, -0.15) is 11.8 Å². The van der Waals surface area contributed by atoms with Crippen molar-refractivity contribution >= 4 is 11.8 Å². The molecule has 2 fully saturated rings. The maximum atomic E-state index is 10.6. The Morgan fingerprint density at radius 3 is 2.47 bits per heavy atom. The SMILES string of the molecule is CC1(C)CSCC(O)(CC2CCCC2)C1. The molecule has 1 atom stereocenters. The normalized spacial score (nSPS) is 37.0. The molecule has 1 heterocycles. The lowest BCUT2D eigenvalue weighted by atomic mass is 9.77. The fraction of sp³-hybridized carbons (Fsp3) is 1.00. The van der Waals surface area contributed by atoms with Gasteiger partial charge >= 0.3 is 0 Å². The maximum Gasteiger partial charge on any atom is 0.0745 e. The Labute approximate surface area is 98.0 Å². The molecule has 15 heavy (non-hydrogen) atoms. The molecular weight excluding hydrogens is 204 g/mol. The fourth-order valence-electron chi connectivity index (χ4n) is 3.39. The Hall–Kier alpha value is 0.310. The first kappa shape index (κ1) is 11.8. The van der Waals surface area contributed by atoms with E-state index in [4.69, 9.17) is 0 Å². The third-order valence-electron chi connectivity index (χ3n) is 3.81. The number of hydrogen-bond acceptors (Lipinski definition) is 2. The second-order valence-electron chi connectivity index (χ2n) is 6.41. The minimum Gasteiger partial charge on any atom is -0.389 e. The number of thioether (sulfide) groups is 1. The van der Waals surface area contributed by atoms with Crippen molar-refractivity contribution in [2.75, 3.05) is 11.5 Å².